The minimum absolute atomic E-state index is 1.18. The lowest BCUT2D eigenvalue weighted by atomic mass is 9.91. The molecule has 0 radical (unpaired) electrons. The summed E-state index contributed by atoms with van der Waals surface area (Å²) in [6.45, 7) is 0. The first-order valence-electron chi connectivity index (χ1n) is 13.7. The Balaban J connectivity index is 1.41. The zero-order valence-corrected chi connectivity index (χ0v) is 22.5. The molecule has 0 saturated carbocycles. The zero-order chi connectivity index (χ0) is 26.2. The maximum Gasteiger partial charge on any atom is 0.0625 e. The van der Waals surface area contributed by atoms with Crippen LogP contribution in [0.25, 0.3) is 71.3 Å². The highest BCUT2D eigenvalue weighted by Crippen LogP contribution is 2.50. The van der Waals surface area contributed by atoms with E-state index in [9.17, 15) is 0 Å². The molecule has 9 rings (SSSR count). The van der Waals surface area contributed by atoms with Crippen molar-refractivity contribution in [2.45, 2.75) is 9.79 Å². The van der Waals surface area contributed by atoms with Crippen LogP contribution in [0.3, 0.4) is 0 Å². The van der Waals surface area contributed by atoms with Crippen LogP contribution >= 0.6 is 11.8 Å². The van der Waals surface area contributed by atoms with Crippen molar-refractivity contribution in [3.05, 3.63) is 140 Å². The molecule has 0 bridgehead atoms. The highest BCUT2D eigenvalue weighted by molar-refractivity contribution is 7.99. The lowest BCUT2D eigenvalue weighted by molar-refractivity contribution is 1.19. The van der Waals surface area contributed by atoms with Crippen LogP contribution in [0, 0.1) is 0 Å². The number of rotatable bonds is 2. The number of benzene rings is 7. The molecule has 0 unspecified atom stereocenters. The molecular weight excluding hydrogens is 502 g/mol. The molecule has 0 N–H and O–H groups in total. The maximum atomic E-state index is 2.45. The fourth-order valence-corrected chi connectivity index (χ4v) is 7.77. The van der Waals surface area contributed by atoms with Gasteiger partial charge in [-0.05, 0) is 75.5 Å². The van der Waals surface area contributed by atoms with E-state index in [4.69, 9.17) is 0 Å². The Kier molecular flexibility index (Phi) is 4.61. The van der Waals surface area contributed by atoms with Crippen LogP contribution in [0.1, 0.15) is 0 Å². The Labute approximate surface area is 236 Å². The van der Waals surface area contributed by atoms with Crippen LogP contribution in [0.5, 0.6) is 0 Å². The maximum absolute atomic E-state index is 2.45. The third-order valence-corrected chi connectivity index (χ3v) is 9.48. The van der Waals surface area contributed by atoms with Gasteiger partial charge in [0.1, 0.15) is 0 Å². The predicted molar refractivity (Wildman–Crippen MR) is 171 cm³/mol. The molecule has 0 atom stereocenters. The Morgan fingerprint density at radius 1 is 0.450 bits per heavy atom. The smallest absolute Gasteiger partial charge is 0.0625 e. The molecule has 0 fully saturated rings. The third-order valence-electron chi connectivity index (χ3n) is 8.34. The molecule has 7 aromatic carbocycles. The van der Waals surface area contributed by atoms with Gasteiger partial charge in [-0.2, -0.15) is 0 Å². The summed E-state index contributed by atoms with van der Waals surface area (Å²) < 4.78 is 2.45. The predicted octanol–water partition coefficient (Wildman–Crippen LogP) is 10.9. The first kappa shape index (κ1) is 22.1. The van der Waals surface area contributed by atoms with Crippen molar-refractivity contribution in [1.29, 1.82) is 0 Å². The number of hydrogen-bond acceptors (Lipinski definition) is 1. The normalized spacial score (nSPS) is 12.4. The van der Waals surface area contributed by atoms with E-state index in [1.165, 1.54) is 81.1 Å². The molecule has 2 heteroatoms. The lowest BCUT2D eigenvalue weighted by Crippen LogP contribution is -1.95. The van der Waals surface area contributed by atoms with Crippen LogP contribution in [0.15, 0.2) is 149 Å². The van der Waals surface area contributed by atoms with Crippen LogP contribution in [-0.2, 0) is 0 Å². The minimum atomic E-state index is 1.18. The molecule has 1 nitrogen and oxygen atoms in total. The summed E-state index contributed by atoms with van der Waals surface area (Å²) in [6, 6.07) is 51.2. The second kappa shape index (κ2) is 8.35. The average molecular weight is 526 g/mol. The van der Waals surface area contributed by atoms with Gasteiger partial charge in [-0.1, -0.05) is 109 Å². The molecule has 1 aliphatic heterocycles. The fraction of sp³-hybridized carbons (Fsp3) is 0. The Morgan fingerprint density at radius 2 is 1.20 bits per heavy atom. The van der Waals surface area contributed by atoms with Gasteiger partial charge in [-0.25, -0.2) is 0 Å². The topological polar surface area (TPSA) is 4.93 Å². The van der Waals surface area contributed by atoms with Gasteiger partial charge in [0.15, 0.2) is 0 Å². The molecule has 2 heterocycles. The van der Waals surface area contributed by atoms with Crippen molar-refractivity contribution in [2.24, 2.45) is 0 Å². The molecule has 0 saturated heterocycles. The van der Waals surface area contributed by atoms with Gasteiger partial charge in [-0.3, -0.25) is 0 Å². The van der Waals surface area contributed by atoms with Gasteiger partial charge in [0.2, 0.25) is 0 Å². The van der Waals surface area contributed by atoms with Crippen LogP contribution in [-0.4, -0.2) is 4.57 Å². The standard InChI is InChI=1S/C38H23NS/c1-2-13-27(14-3-1)39-33-18-7-6-16-30(33)37-31(22-25-10-4-5-15-28(25)38(37)39)26-20-21-34-32(23-26)29-17-8-11-24-12-9-19-35(40-34)36(24)29/h1-23H. The summed E-state index contributed by atoms with van der Waals surface area (Å²) in [4.78, 5) is 2.66. The van der Waals surface area contributed by atoms with E-state index in [1.54, 1.807) is 0 Å². The van der Waals surface area contributed by atoms with Crippen LogP contribution in [0.4, 0.5) is 0 Å². The molecule has 186 valence electrons. The summed E-state index contributed by atoms with van der Waals surface area (Å²) in [5.74, 6) is 0. The van der Waals surface area contributed by atoms with E-state index in [0.717, 1.165) is 0 Å². The van der Waals surface area contributed by atoms with Crippen LogP contribution in [0.2, 0.25) is 0 Å². The van der Waals surface area contributed by atoms with E-state index in [-0.39, 0.29) is 0 Å². The molecule has 1 aromatic heterocycles. The highest BCUT2D eigenvalue weighted by Gasteiger charge is 2.22. The second-order valence-electron chi connectivity index (χ2n) is 10.5. The highest BCUT2D eigenvalue weighted by atomic mass is 32.2. The molecule has 0 spiro atoms. The summed E-state index contributed by atoms with van der Waals surface area (Å²) in [5.41, 5.74) is 8.85. The summed E-state index contributed by atoms with van der Waals surface area (Å²) in [6.07, 6.45) is 0. The average Bonchev–Trinajstić information content (AvgIpc) is 3.37. The zero-order valence-electron chi connectivity index (χ0n) is 21.6. The van der Waals surface area contributed by atoms with Crippen molar-refractivity contribution in [2.75, 3.05) is 0 Å². The number of para-hydroxylation sites is 2. The van der Waals surface area contributed by atoms with Gasteiger partial charge >= 0.3 is 0 Å². The summed E-state index contributed by atoms with van der Waals surface area (Å²) in [5, 5.41) is 7.78. The molecule has 40 heavy (non-hydrogen) atoms. The van der Waals surface area contributed by atoms with E-state index in [1.807, 2.05) is 11.8 Å². The van der Waals surface area contributed by atoms with Crippen molar-refractivity contribution in [3.63, 3.8) is 0 Å². The van der Waals surface area contributed by atoms with Gasteiger partial charge < -0.3 is 4.57 Å². The largest absolute Gasteiger partial charge is 0.309 e. The minimum Gasteiger partial charge on any atom is -0.309 e. The van der Waals surface area contributed by atoms with Crippen LogP contribution < -0.4 is 0 Å². The second-order valence-corrected chi connectivity index (χ2v) is 11.6. The van der Waals surface area contributed by atoms with Gasteiger partial charge in [0.05, 0.1) is 11.0 Å². The number of fused-ring (bicyclic) bond motifs is 7. The van der Waals surface area contributed by atoms with Gasteiger partial charge in [0.25, 0.3) is 0 Å². The van der Waals surface area contributed by atoms with Crippen molar-refractivity contribution >= 4 is 55.1 Å². The van der Waals surface area contributed by atoms with E-state index < -0.39 is 0 Å². The summed E-state index contributed by atoms with van der Waals surface area (Å²) in [7, 11) is 0. The third kappa shape index (κ3) is 3.05. The number of hydrogen-bond donors (Lipinski definition) is 0. The summed E-state index contributed by atoms with van der Waals surface area (Å²) >= 11 is 1.88. The first-order chi connectivity index (χ1) is 19.8. The Morgan fingerprint density at radius 3 is 2.10 bits per heavy atom. The fourth-order valence-electron chi connectivity index (χ4n) is 6.64. The first-order valence-corrected chi connectivity index (χ1v) is 14.5. The van der Waals surface area contributed by atoms with E-state index >= 15 is 0 Å². The molecule has 0 amide bonds. The quantitative estimate of drug-likeness (QED) is 0.217. The molecule has 1 aliphatic rings. The lowest BCUT2D eigenvalue weighted by Gasteiger charge is -2.21. The molecule has 8 aromatic rings. The van der Waals surface area contributed by atoms with E-state index in [0.29, 0.717) is 0 Å². The SMILES string of the molecule is c1ccc(-n2c3ccccc3c3c(-c4ccc5c(c4)-c4cccc6cccc(c46)S5)cc4ccccc4c32)cc1. The monoisotopic (exact) mass is 525 g/mol. The van der Waals surface area contributed by atoms with Crippen molar-refractivity contribution in [1.82, 2.24) is 4.57 Å². The number of nitrogens with zero attached hydrogens (tertiary/aromatic N) is 1. The van der Waals surface area contributed by atoms with Crippen molar-refractivity contribution in [3.8, 4) is 27.9 Å². The van der Waals surface area contributed by atoms with E-state index in [2.05, 4.69) is 144 Å². The molecule has 0 aliphatic carbocycles. The van der Waals surface area contributed by atoms with Crippen molar-refractivity contribution < 1.29 is 0 Å². The number of aromatic nitrogens is 1. The Bertz CT molecular complexity index is 2290. The Hall–Kier alpha value is -4.79. The molecular formula is C38H23NS. The van der Waals surface area contributed by atoms with Gasteiger partial charge in [0, 0.05) is 37.0 Å². The van der Waals surface area contributed by atoms with Gasteiger partial charge in [-0.15, -0.1) is 0 Å².